The van der Waals surface area contributed by atoms with E-state index in [1.807, 2.05) is 18.5 Å². The van der Waals surface area contributed by atoms with Crippen LogP contribution in [0.3, 0.4) is 0 Å². The molecule has 2 aromatic rings. The molecule has 2 aromatic heterocycles. The first-order valence-corrected chi connectivity index (χ1v) is 10.2. The maximum Gasteiger partial charge on any atom is 0.490 e. The van der Waals surface area contributed by atoms with E-state index < -0.39 is 24.3 Å². The highest BCUT2D eigenvalue weighted by molar-refractivity contribution is 5.73. The highest BCUT2D eigenvalue weighted by Gasteiger charge is 2.38. The van der Waals surface area contributed by atoms with E-state index in [0.29, 0.717) is 0 Å². The Labute approximate surface area is 194 Å². The average Bonchev–Trinajstić information content (AvgIpc) is 3.40. The minimum Gasteiger partial charge on any atom is -0.475 e. The molecule has 2 aliphatic rings. The maximum atomic E-state index is 10.6. The third-order valence-electron chi connectivity index (χ3n) is 4.96. The normalized spacial score (nSPS) is 15.9. The molecule has 10 nitrogen and oxygen atoms in total. The number of carboxylic acid groups (broad SMARTS) is 2. The first kappa shape index (κ1) is 27.8. The second kappa shape index (κ2) is 11.8. The van der Waals surface area contributed by atoms with Crippen molar-refractivity contribution in [2.45, 2.75) is 38.2 Å². The molecule has 0 spiro atoms. The summed E-state index contributed by atoms with van der Waals surface area (Å²) in [6.07, 6.45) is -2.92. The summed E-state index contributed by atoms with van der Waals surface area (Å²) in [7, 11) is 0. The van der Waals surface area contributed by atoms with Gasteiger partial charge in [0.05, 0.1) is 5.69 Å². The van der Waals surface area contributed by atoms with Crippen LogP contribution >= 0.6 is 0 Å². The number of hydrogen-bond donors (Lipinski definition) is 3. The molecule has 0 aromatic carbocycles. The van der Waals surface area contributed by atoms with Crippen molar-refractivity contribution >= 4 is 17.9 Å². The molecule has 1 aliphatic heterocycles. The number of aliphatic carboxylic acids is 2. The number of piperazine rings is 1. The molecule has 3 heterocycles. The van der Waals surface area contributed by atoms with Gasteiger partial charge in [-0.2, -0.15) is 31.4 Å². The van der Waals surface area contributed by atoms with Gasteiger partial charge in [0.2, 0.25) is 5.95 Å². The van der Waals surface area contributed by atoms with Gasteiger partial charge in [-0.1, -0.05) is 0 Å². The summed E-state index contributed by atoms with van der Waals surface area (Å²) >= 11 is 0. The number of aryl methyl sites for hydroxylation is 1. The quantitative estimate of drug-likeness (QED) is 0.530. The summed E-state index contributed by atoms with van der Waals surface area (Å²) in [5, 5.41) is 22.0. The molecule has 3 N–H and O–H groups in total. The molecule has 35 heavy (non-hydrogen) atoms. The van der Waals surface area contributed by atoms with Gasteiger partial charge < -0.3 is 15.1 Å². The molecule has 0 saturated carbocycles. The molecule has 4 rings (SSSR count). The summed E-state index contributed by atoms with van der Waals surface area (Å²) in [4.78, 5) is 31.2. The van der Waals surface area contributed by atoms with Crippen LogP contribution in [0.1, 0.15) is 23.4 Å². The molecular formula is C19H22F6N6O4. The van der Waals surface area contributed by atoms with Crippen LogP contribution < -0.4 is 4.90 Å². The van der Waals surface area contributed by atoms with Gasteiger partial charge in [-0.3, -0.25) is 10.00 Å². The highest BCUT2D eigenvalue weighted by Crippen LogP contribution is 2.24. The largest absolute Gasteiger partial charge is 0.490 e. The zero-order valence-electron chi connectivity index (χ0n) is 18.1. The molecule has 0 atom stereocenters. The van der Waals surface area contributed by atoms with E-state index in [0.717, 1.165) is 38.7 Å². The minimum absolute atomic E-state index is 0.845. The number of hydrogen-bond acceptors (Lipinski definition) is 7. The number of fused-ring (bicyclic) bond motifs is 1. The van der Waals surface area contributed by atoms with Crippen molar-refractivity contribution < 1.29 is 46.1 Å². The molecule has 0 unspecified atom stereocenters. The van der Waals surface area contributed by atoms with Gasteiger partial charge in [0.1, 0.15) is 0 Å². The Balaban J connectivity index is 0.000000257. The number of halogens is 6. The van der Waals surface area contributed by atoms with Gasteiger partial charge >= 0.3 is 24.3 Å². The number of H-pyrrole nitrogens is 1. The Kier molecular flexibility index (Phi) is 9.39. The summed E-state index contributed by atoms with van der Waals surface area (Å²) < 4.78 is 63.5. The molecule has 1 fully saturated rings. The van der Waals surface area contributed by atoms with Gasteiger partial charge in [-0.15, -0.1) is 0 Å². The fraction of sp³-hybridized carbons (Fsp3) is 0.526. The molecule has 0 bridgehead atoms. The first-order chi connectivity index (χ1) is 16.3. The predicted octanol–water partition coefficient (Wildman–Crippen LogP) is 2.28. The number of carbonyl (C=O) groups is 2. The zero-order valence-corrected chi connectivity index (χ0v) is 18.1. The Bertz CT molecular complexity index is 950. The maximum absolute atomic E-state index is 10.6. The number of nitrogens with zero attached hydrogens (tertiary/aromatic N) is 5. The van der Waals surface area contributed by atoms with Crippen LogP contribution in [0.15, 0.2) is 18.5 Å². The lowest BCUT2D eigenvalue weighted by atomic mass is 10.2. The van der Waals surface area contributed by atoms with Gasteiger partial charge in [-0.25, -0.2) is 19.6 Å². The minimum atomic E-state index is -5.08. The number of aromatic nitrogens is 4. The second-order valence-electron chi connectivity index (χ2n) is 7.40. The van der Waals surface area contributed by atoms with Crippen LogP contribution in [0, 0.1) is 0 Å². The third kappa shape index (κ3) is 8.70. The van der Waals surface area contributed by atoms with Crippen molar-refractivity contribution in [3.05, 3.63) is 35.4 Å². The summed E-state index contributed by atoms with van der Waals surface area (Å²) in [6.45, 7) is 5.02. The van der Waals surface area contributed by atoms with E-state index in [2.05, 4.69) is 30.0 Å². The van der Waals surface area contributed by atoms with E-state index in [1.54, 1.807) is 0 Å². The van der Waals surface area contributed by atoms with Crippen LogP contribution in [0.4, 0.5) is 32.3 Å². The molecule has 16 heteroatoms. The van der Waals surface area contributed by atoms with Crippen molar-refractivity contribution in [3.8, 4) is 0 Å². The van der Waals surface area contributed by atoms with Crippen molar-refractivity contribution in [2.24, 2.45) is 0 Å². The standard InChI is InChI=1S/C15H20N6.2C2HF3O2/c1-3-12-13(4-1)18-19-14(12)11-20-7-9-21(10-8-20)15-16-5-2-6-17-15;2*3-2(4,5)1(6)7/h2,5-6H,1,3-4,7-11H2,(H,18,19);2*(H,6,7). The van der Waals surface area contributed by atoms with Gasteiger partial charge in [-0.05, 0) is 30.9 Å². The molecular weight excluding hydrogens is 490 g/mol. The number of aromatic amines is 1. The van der Waals surface area contributed by atoms with E-state index in [4.69, 9.17) is 19.8 Å². The Morgan fingerprint density at radius 1 is 0.914 bits per heavy atom. The molecule has 194 valence electrons. The smallest absolute Gasteiger partial charge is 0.475 e. The lowest BCUT2D eigenvalue weighted by Gasteiger charge is -2.34. The molecule has 0 radical (unpaired) electrons. The van der Waals surface area contributed by atoms with Crippen LogP contribution in [-0.4, -0.2) is 85.7 Å². The first-order valence-electron chi connectivity index (χ1n) is 10.2. The number of nitrogens with one attached hydrogen (secondary N) is 1. The number of anilines is 1. The molecule has 0 amide bonds. The van der Waals surface area contributed by atoms with E-state index in [1.165, 1.54) is 36.2 Å². The molecule has 1 saturated heterocycles. The van der Waals surface area contributed by atoms with Crippen molar-refractivity contribution in [1.82, 2.24) is 25.1 Å². The lowest BCUT2D eigenvalue weighted by molar-refractivity contribution is -0.193. The van der Waals surface area contributed by atoms with Gasteiger partial charge in [0.15, 0.2) is 0 Å². The predicted molar refractivity (Wildman–Crippen MR) is 108 cm³/mol. The molecule has 1 aliphatic carbocycles. The number of carboxylic acids is 2. The lowest BCUT2D eigenvalue weighted by Crippen LogP contribution is -2.46. The van der Waals surface area contributed by atoms with Crippen LogP contribution in [0.2, 0.25) is 0 Å². The van der Waals surface area contributed by atoms with Gasteiger partial charge in [0.25, 0.3) is 0 Å². The van der Waals surface area contributed by atoms with E-state index in [-0.39, 0.29) is 0 Å². The summed E-state index contributed by atoms with van der Waals surface area (Å²) in [6, 6.07) is 1.86. The van der Waals surface area contributed by atoms with E-state index >= 15 is 0 Å². The fourth-order valence-corrected chi connectivity index (χ4v) is 3.29. The Morgan fingerprint density at radius 3 is 1.91 bits per heavy atom. The van der Waals surface area contributed by atoms with Crippen LogP contribution in [0.5, 0.6) is 0 Å². The number of rotatable bonds is 3. The SMILES string of the molecule is O=C(O)C(F)(F)F.O=C(O)C(F)(F)F.c1cnc(N2CCN(Cc3n[nH]c4c3CCC4)CC2)nc1. The topological polar surface area (TPSA) is 136 Å². The summed E-state index contributed by atoms with van der Waals surface area (Å²) in [5.74, 6) is -4.67. The van der Waals surface area contributed by atoms with Crippen molar-refractivity contribution in [1.29, 1.82) is 0 Å². The van der Waals surface area contributed by atoms with Gasteiger partial charge in [0, 0.05) is 50.8 Å². The van der Waals surface area contributed by atoms with E-state index in [9.17, 15) is 26.3 Å². The average molecular weight is 512 g/mol. The van der Waals surface area contributed by atoms with Crippen molar-refractivity contribution in [2.75, 3.05) is 31.1 Å². The van der Waals surface area contributed by atoms with Crippen molar-refractivity contribution in [3.63, 3.8) is 0 Å². The summed E-state index contributed by atoms with van der Waals surface area (Å²) in [5.41, 5.74) is 4.09. The third-order valence-corrected chi connectivity index (χ3v) is 4.96. The van der Waals surface area contributed by atoms with Crippen LogP contribution in [-0.2, 0) is 29.0 Å². The fourth-order valence-electron chi connectivity index (χ4n) is 3.29. The Hall–Kier alpha value is -3.43. The number of alkyl halides is 6. The highest BCUT2D eigenvalue weighted by atomic mass is 19.4. The Morgan fingerprint density at radius 2 is 1.43 bits per heavy atom. The zero-order chi connectivity index (χ0) is 26.2. The van der Waals surface area contributed by atoms with Crippen LogP contribution in [0.25, 0.3) is 0 Å². The monoisotopic (exact) mass is 512 g/mol. The second-order valence-corrected chi connectivity index (χ2v) is 7.40.